The van der Waals surface area contributed by atoms with E-state index >= 15 is 0 Å². The van der Waals surface area contributed by atoms with Crippen molar-refractivity contribution in [1.29, 1.82) is 0 Å². The number of allylic oxidation sites excluding steroid dienone is 6. The first-order valence-corrected chi connectivity index (χ1v) is 32.7. The molecule has 0 rings (SSSR count). The van der Waals surface area contributed by atoms with E-state index in [2.05, 4.69) is 55.6 Å². The molecule has 2 atom stereocenters. The van der Waals surface area contributed by atoms with Gasteiger partial charge in [-0.3, -0.25) is 9.59 Å². The Morgan fingerprint density at radius 1 is 0.384 bits per heavy atom. The average molecular weight is 1030 g/mol. The van der Waals surface area contributed by atoms with E-state index in [4.69, 9.17) is 4.74 Å². The van der Waals surface area contributed by atoms with Gasteiger partial charge in [0.15, 0.2) is 0 Å². The normalized spacial score (nSPS) is 12.8. The molecule has 2 unspecified atom stereocenters. The topological polar surface area (TPSA) is 95.9 Å². The number of hydrogen-bond acceptors (Lipinski definition) is 5. The molecule has 1 amide bonds. The van der Waals surface area contributed by atoms with E-state index < -0.39 is 12.1 Å². The van der Waals surface area contributed by atoms with Gasteiger partial charge in [-0.05, 0) is 83.5 Å². The number of nitrogens with one attached hydrogen (secondary N) is 1. The molecule has 0 heterocycles. The molecular weight excluding hydrogens is 899 g/mol. The van der Waals surface area contributed by atoms with Crippen LogP contribution in [0, 0.1) is 0 Å². The van der Waals surface area contributed by atoms with Gasteiger partial charge in [-0.2, -0.15) is 0 Å². The highest BCUT2D eigenvalue weighted by Gasteiger charge is 2.20. The fraction of sp³-hybridized carbons (Fsp3) is 0.881. The molecule has 0 aliphatic heterocycles. The summed E-state index contributed by atoms with van der Waals surface area (Å²) in [5, 5.41) is 23.2. The number of rotatable bonds is 61. The largest absolute Gasteiger partial charge is 0.466 e. The minimum absolute atomic E-state index is 0.00787. The lowest BCUT2D eigenvalue weighted by Gasteiger charge is -2.22. The summed E-state index contributed by atoms with van der Waals surface area (Å²) in [7, 11) is 0. The molecular formula is C67H127NO5. The van der Waals surface area contributed by atoms with Crippen molar-refractivity contribution in [2.45, 2.75) is 366 Å². The number of aliphatic hydroxyl groups is 2. The van der Waals surface area contributed by atoms with Crippen molar-refractivity contribution < 1.29 is 24.5 Å². The summed E-state index contributed by atoms with van der Waals surface area (Å²) in [6.07, 6.45) is 78.9. The number of hydrogen-bond donors (Lipinski definition) is 3. The Morgan fingerprint density at radius 3 is 1.05 bits per heavy atom. The first kappa shape index (κ1) is 71.1. The van der Waals surface area contributed by atoms with Gasteiger partial charge in [0.2, 0.25) is 5.91 Å². The zero-order valence-electron chi connectivity index (χ0n) is 49.1. The third kappa shape index (κ3) is 59.2. The van der Waals surface area contributed by atoms with E-state index in [0.29, 0.717) is 25.9 Å². The summed E-state index contributed by atoms with van der Waals surface area (Å²) in [6, 6.07) is -0.543. The Kier molecular flexibility index (Phi) is 61.0. The maximum Gasteiger partial charge on any atom is 0.305 e. The molecule has 0 radical (unpaired) electrons. The number of carbonyl (C=O) groups is 2. The molecule has 0 aromatic rings. The summed E-state index contributed by atoms with van der Waals surface area (Å²) in [5.74, 6) is -0.0305. The van der Waals surface area contributed by atoms with Gasteiger partial charge >= 0.3 is 5.97 Å². The zero-order chi connectivity index (χ0) is 52.9. The summed E-state index contributed by atoms with van der Waals surface area (Å²) in [4.78, 5) is 24.5. The van der Waals surface area contributed by atoms with Gasteiger partial charge in [0.1, 0.15) is 0 Å². The van der Waals surface area contributed by atoms with E-state index in [0.717, 1.165) is 51.4 Å². The monoisotopic (exact) mass is 1030 g/mol. The average Bonchev–Trinajstić information content (AvgIpc) is 3.39. The number of aliphatic hydroxyl groups excluding tert-OH is 2. The maximum absolute atomic E-state index is 12.4. The van der Waals surface area contributed by atoms with Crippen LogP contribution in [0.4, 0.5) is 0 Å². The predicted octanol–water partition coefficient (Wildman–Crippen LogP) is 20.8. The minimum Gasteiger partial charge on any atom is -0.466 e. The smallest absolute Gasteiger partial charge is 0.305 e. The van der Waals surface area contributed by atoms with Crippen LogP contribution in [0.1, 0.15) is 354 Å². The number of carbonyl (C=O) groups excluding carboxylic acids is 2. The molecule has 0 saturated heterocycles. The van der Waals surface area contributed by atoms with Gasteiger partial charge in [-0.1, -0.05) is 294 Å². The van der Waals surface area contributed by atoms with Crippen LogP contribution in [0.25, 0.3) is 0 Å². The van der Waals surface area contributed by atoms with Gasteiger partial charge < -0.3 is 20.3 Å². The lowest BCUT2D eigenvalue weighted by molar-refractivity contribution is -0.143. The first-order valence-electron chi connectivity index (χ1n) is 32.7. The van der Waals surface area contributed by atoms with E-state index in [1.807, 2.05) is 0 Å². The van der Waals surface area contributed by atoms with E-state index in [1.54, 1.807) is 0 Å². The fourth-order valence-electron chi connectivity index (χ4n) is 10.1. The highest BCUT2D eigenvalue weighted by atomic mass is 16.5. The molecule has 3 N–H and O–H groups in total. The van der Waals surface area contributed by atoms with Crippen molar-refractivity contribution in [3.8, 4) is 0 Å². The van der Waals surface area contributed by atoms with Crippen LogP contribution in [0.5, 0.6) is 0 Å². The Morgan fingerprint density at radius 2 is 0.685 bits per heavy atom. The van der Waals surface area contributed by atoms with Crippen molar-refractivity contribution in [3.63, 3.8) is 0 Å². The highest BCUT2D eigenvalue weighted by Crippen LogP contribution is 2.17. The lowest BCUT2D eigenvalue weighted by atomic mass is 10.0. The van der Waals surface area contributed by atoms with Crippen LogP contribution >= 0.6 is 0 Å². The van der Waals surface area contributed by atoms with Gasteiger partial charge in [0.05, 0.1) is 25.4 Å². The second kappa shape index (κ2) is 62.6. The molecule has 0 fully saturated rings. The number of ether oxygens (including phenoxy) is 1. The van der Waals surface area contributed by atoms with Crippen molar-refractivity contribution >= 4 is 11.9 Å². The Bertz CT molecular complexity index is 1180. The molecule has 0 spiro atoms. The van der Waals surface area contributed by atoms with Crippen molar-refractivity contribution in [2.24, 2.45) is 0 Å². The van der Waals surface area contributed by atoms with Crippen LogP contribution in [-0.4, -0.2) is 47.4 Å². The Hall–Kier alpha value is -1.92. The SMILES string of the molecule is CCCCCCCCC/C=C\CCCCCCCCCC(=O)OCCCCCCCCCCC/C=C\C/C=C\CCCCCCCCCCCCCC(=O)NC(CO)C(O)CCCCCCCCCCCCC. The summed E-state index contributed by atoms with van der Waals surface area (Å²) < 4.78 is 5.49. The molecule has 0 aromatic heterocycles. The standard InChI is InChI=1S/C67H127NO5/c1-3-5-7-9-11-13-15-16-17-18-31-34-37-41-45-49-53-57-61-67(72)73-62-58-54-50-46-42-38-35-32-29-27-25-23-21-19-20-22-24-26-28-30-33-36-40-44-48-52-56-60-66(71)68-64(63-69)65(70)59-55-51-47-43-39-14-12-10-8-6-4-2/h17-20,23,25,64-65,69-70H,3-16,21-22,24,26-63H2,1-2H3,(H,68,71)/b18-17-,20-19-,25-23-. The molecule has 6 nitrogen and oxygen atoms in total. The fourth-order valence-corrected chi connectivity index (χ4v) is 10.1. The highest BCUT2D eigenvalue weighted by molar-refractivity contribution is 5.76. The molecule has 430 valence electrons. The Labute approximate surface area is 455 Å². The lowest BCUT2D eigenvalue weighted by Crippen LogP contribution is -2.45. The van der Waals surface area contributed by atoms with Crippen molar-refractivity contribution in [1.82, 2.24) is 5.32 Å². The van der Waals surface area contributed by atoms with Crippen LogP contribution in [0.3, 0.4) is 0 Å². The second-order valence-electron chi connectivity index (χ2n) is 22.4. The van der Waals surface area contributed by atoms with Crippen LogP contribution < -0.4 is 5.32 Å². The number of esters is 1. The second-order valence-corrected chi connectivity index (χ2v) is 22.4. The molecule has 0 aliphatic carbocycles. The third-order valence-corrected chi connectivity index (χ3v) is 15.2. The molecule has 73 heavy (non-hydrogen) atoms. The number of amides is 1. The summed E-state index contributed by atoms with van der Waals surface area (Å²) >= 11 is 0. The molecule has 0 aliphatic rings. The minimum atomic E-state index is -0.665. The quantitative estimate of drug-likeness (QED) is 0.0320. The van der Waals surface area contributed by atoms with E-state index in [-0.39, 0.29) is 18.5 Å². The molecule has 0 saturated carbocycles. The van der Waals surface area contributed by atoms with E-state index in [1.165, 1.54) is 270 Å². The summed E-state index contributed by atoms with van der Waals surface area (Å²) in [6.45, 7) is 4.95. The zero-order valence-corrected chi connectivity index (χ0v) is 49.1. The van der Waals surface area contributed by atoms with Crippen molar-refractivity contribution in [3.05, 3.63) is 36.5 Å². The molecule has 0 bridgehead atoms. The third-order valence-electron chi connectivity index (χ3n) is 15.2. The predicted molar refractivity (Wildman–Crippen MR) is 319 cm³/mol. The van der Waals surface area contributed by atoms with Crippen LogP contribution in [0.15, 0.2) is 36.5 Å². The van der Waals surface area contributed by atoms with Gasteiger partial charge in [-0.15, -0.1) is 0 Å². The molecule has 0 aromatic carbocycles. The Balaban J connectivity index is 3.39. The first-order chi connectivity index (χ1) is 36.0. The maximum atomic E-state index is 12.4. The summed E-state index contributed by atoms with van der Waals surface area (Å²) in [5.41, 5.74) is 0. The van der Waals surface area contributed by atoms with Gasteiger partial charge in [-0.25, -0.2) is 0 Å². The molecule has 6 heteroatoms. The van der Waals surface area contributed by atoms with Crippen molar-refractivity contribution in [2.75, 3.05) is 13.2 Å². The van der Waals surface area contributed by atoms with Crippen LogP contribution in [-0.2, 0) is 14.3 Å². The number of unbranched alkanes of at least 4 members (excludes halogenated alkanes) is 44. The van der Waals surface area contributed by atoms with E-state index in [9.17, 15) is 19.8 Å². The van der Waals surface area contributed by atoms with Crippen LogP contribution in [0.2, 0.25) is 0 Å². The van der Waals surface area contributed by atoms with Gasteiger partial charge in [0.25, 0.3) is 0 Å². The van der Waals surface area contributed by atoms with Gasteiger partial charge in [0, 0.05) is 12.8 Å².